The maximum Gasteiger partial charge on any atom is 0.223 e. The molecule has 2 aromatic rings. The fourth-order valence-electron chi connectivity index (χ4n) is 3.21. The summed E-state index contributed by atoms with van der Waals surface area (Å²) in [7, 11) is -3.43. The molecule has 2 heterocycles. The summed E-state index contributed by atoms with van der Waals surface area (Å²) >= 11 is 1.69. The highest BCUT2D eigenvalue weighted by Crippen LogP contribution is 2.16. The molecule has 1 aliphatic heterocycles. The minimum Gasteiger partial charge on any atom is -0.340 e. The number of hydrogen-bond acceptors (Lipinski definition) is 6. The molecule has 0 bridgehead atoms. The molecule has 1 saturated heterocycles. The maximum absolute atomic E-state index is 12.5. The number of piperazine rings is 1. The quantitative estimate of drug-likeness (QED) is 0.687. The minimum atomic E-state index is -3.43. The van der Waals surface area contributed by atoms with Crippen LogP contribution in [0.4, 0.5) is 0 Å². The van der Waals surface area contributed by atoms with Gasteiger partial charge < -0.3 is 4.90 Å². The third kappa shape index (κ3) is 5.40. The summed E-state index contributed by atoms with van der Waals surface area (Å²) in [5.41, 5.74) is 2.10. The Labute approximate surface area is 171 Å². The van der Waals surface area contributed by atoms with Gasteiger partial charge in [-0.2, -0.15) is 0 Å². The summed E-state index contributed by atoms with van der Waals surface area (Å²) in [6, 6.07) is 6.77. The van der Waals surface area contributed by atoms with Gasteiger partial charge in [-0.25, -0.2) is 13.4 Å². The second-order valence-corrected chi connectivity index (χ2v) is 10.2. The van der Waals surface area contributed by atoms with Crippen LogP contribution in [-0.2, 0) is 27.6 Å². The van der Waals surface area contributed by atoms with E-state index in [1.165, 1.54) is 0 Å². The Balaban J connectivity index is 1.46. The lowest BCUT2D eigenvalue weighted by atomic mass is 10.2. The first kappa shape index (κ1) is 21.0. The summed E-state index contributed by atoms with van der Waals surface area (Å²) in [5.74, 6) is -0.231. The van der Waals surface area contributed by atoms with Crippen LogP contribution in [0.3, 0.4) is 0 Å². The Morgan fingerprint density at radius 3 is 2.43 bits per heavy atom. The van der Waals surface area contributed by atoms with Gasteiger partial charge in [-0.15, -0.1) is 11.3 Å². The highest BCUT2D eigenvalue weighted by molar-refractivity contribution is 7.91. The number of carbonyl (C=O) groups is 1. The smallest absolute Gasteiger partial charge is 0.223 e. The van der Waals surface area contributed by atoms with Crippen LogP contribution in [0.1, 0.15) is 29.6 Å². The Morgan fingerprint density at radius 1 is 1.14 bits per heavy atom. The second-order valence-electron chi connectivity index (χ2n) is 7.12. The van der Waals surface area contributed by atoms with Crippen molar-refractivity contribution in [3.05, 3.63) is 45.9 Å². The maximum atomic E-state index is 12.5. The molecule has 0 atom stereocenters. The molecule has 8 heteroatoms. The number of benzene rings is 1. The van der Waals surface area contributed by atoms with Crippen LogP contribution in [0.5, 0.6) is 0 Å². The van der Waals surface area contributed by atoms with Gasteiger partial charge in [0.1, 0.15) is 0 Å². The van der Waals surface area contributed by atoms with Gasteiger partial charge in [-0.1, -0.05) is 24.6 Å². The zero-order valence-electron chi connectivity index (χ0n) is 16.4. The molecular weight excluding hydrogens is 394 g/mol. The van der Waals surface area contributed by atoms with Crippen LogP contribution in [0, 0.1) is 6.92 Å². The molecule has 0 N–H and O–H groups in total. The highest BCUT2D eigenvalue weighted by Gasteiger charge is 2.24. The van der Waals surface area contributed by atoms with Crippen molar-refractivity contribution in [3.8, 4) is 0 Å². The Morgan fingerprint density at radius 2 is 1.82 bits per heavy atom. The molecule has 1 aliphatic rings. The lowest BCUT2D eigenvalue weighted by Gasteiger charge is -2.34. The van der Waals surface area contributed by atoms with Gasteiger partial charge in [0, 0.05) is 44.5 Å². The standard InChI is InChI=1S/C20H27N3O3S2/c1-3-19-21-17(15-27-19)14-22-9-11-23(12-10-22)20(24)8-13-28(25,26)18-6-4-16(2)5-7-18/h4-7,15H,3,8-14H2,1-2H3. The second kappa shape index (κ2) is 9.15. The van der Waals surface area contributed by atoms with Crippen LogP contribution in [0.2, 0.25) is 0 Å². The van der Waals surface area contributed by atoms with E-state index in [1.807, 2.05) is 6.92 Å². The number of nitrogens with zero attached hydrogens (tertiary/aromatic N) is 3. The predicted molar refractivity (Wildman–Crippen MR) is 111 cm³/mol. The molecule has 3 rings (SSSR count). The zero-order chi connectivity index (χ0) is 20.1. The van der Waals surface area contributed by atoms with Crippen molar-refractivity contribution < 1.29 is 13.2 Å². The van der Waals surface area contributed by atoms with Crippen molar-refractivity contribution in [1.82, 2.24) is 14.8 Å². The van der Waals surface area contributed by atoms with Gasteiger partial charge in [-0.05, 0) is 25.5 Å². The average molecular weight is 422 g/mol. The van der Waals surface area contributed by atoms with Crippen LogP contribution in [0.15, 0.2) is 34.5 Å². The monoisotopic (exact) mass is 421 g/mol. The number of rotatable bonds is 7. The molecule has 0 radical (unpaired) electrons. The summed E-state index contributed by atoms with van der Waals surface area (Å²) in [6.07, 6.45) is 0.987. The van der Waals surface area contributed by atoms with Crippen molar-refractivity contribution in [1.29, 1.82) is 0 Å². The van der Waals surface area contributed by atoms with Crippen molar-refractivity contribution in [3.63, 3.8) is 0 Å². The van der Waals surface area contributed by atoms with Crippen molar-refractivity contribution >= 4 is 27.1 Å². The van der Waals surface area contributed by atoms with Crippen molar-refractivity contribution in [2.24, 2.45) is 0 Å². The van der Waals surface area contributed by atoms with Crippen LogP contribution in [0.25, 0.3) is 0 Å². The lowest BCUT2D eigenvalue weighted by Crippen LogP contribution is -2.48. The number of sulfone groups is 1. The van der Waals surface area contributed by atoms with Crippen molar-refractivity contribution in [2.75, 3.05) is 31.9 Å². The Bertz CT molecular complexity index is 899. The largest absolute Gasteiger partial charge is 0.340 e. The molecule has 0 saturated carbocycles. The van der Waals surface area contributed by atoms with Crippen molar-refractivity contribution in [2.45, 2.75) is 38.1 Å². The fraction of sp³-hybridized carbons (Fsp3) is 0.500. The highest BCUT2D eigenvalue weighted by atomic mass is 32.2. The molecule has 0 aliphatic carbocycles. The lowest BCUT2D eigenvalue weighted by molar-refractivity contribution is -0.132. The Hall–Kier alpha value is -1.77. The zero-order valence-corrected chi connectivity index (χ0v) is 18.1. The molecule has 6 nitrogen and oxygen atoms in total. The van der Waals surface area contributed by atoms with Gasteiger partial charge >= 0.3 is 0 Å². The molecule has 152 valence electrons. The van der Waals surface area contributed by atoms with E-state index in [4.69, 9.17) is 0 Å². The fourth-order valence-corrected chi connectivity index (χ4v) is 5.18. The van der Waals surface area contributed by atoms with E-state index in [0.29, 0.717) is 13.1 Å². The van der Waals surface area contributed by atoms with E-state index in [9.17, 15) is 13.2 Å². The third-order valence-corrected chi connectivity index (χ3v) is 7.75. The number of carbonyl (C=O) groups excluding carboxylic acids is 1. The van der Waals surface area contributed by atoms with Crippen LogP contribution in [-0.4, -0.2) is 61.0 Å². The molecule has 0 spiro atoms. The molecule has 0 unspecified atom stereocenters. The number of aromatic nitrogens is 1. The van der Waals surface area contributed by atoms with Gasteiger partial charge in [0.25, 0.3) is 0 Å². The minimum absolute atomic E-state index is 0.0299. The van der Waals surface area contributed by atoms with E-state index in [2.05, 4.69) is 22.2 Å². The molecule has 1 amide bonds. The Kier molecular flexibility index (Phi) is 6.85. The first-order valence-corrected chi connectivity index (χ1v) is 12.1. The normalized spacial score (nSPS) is 15.7. The predicted octanol–water partition coefficient (Wildman–Crippen LogP) is 2.52. The van der Waals surface area contributed by atoms with Gasteiger partial charge in [0.05, 0.1) is 21.3 Å². The number of amides is 1. The summed E-state index contributed by atoms with van der Waals surface area (Å²) in [4.78, 5) is 21.4. The molecule has 28 heavy (non-hydrogen) atoms. The number of aryl methyl sites for hydroxylation is 2. The summed E-state index contributed by atoms with van der Waals surface area (Å²) in [5, 5.41) is 3.25. The van der Waals surface area contributed by atoms with Gasteiger partial charge in [-0.3, -0.25) is 9.69 Å². The first-order chi connectivity index (χ1) is 13.4. The van der Waals surface area contributed by atoms with E-state index in [0.717, 1.165) is 42.3 Å². The van der Waals surface area contributed by atoms with E-state index in [-0.39, 0.29) is 23.0 Å². The van der Waals surface area contributed by atoms with Gasteiger partial charge in [0.2, 0.25) is 5.91 Å². The molecule has 1 aromatic carbocycles. The molecule has 1 aromatic heterocycles. The van der Waals surface area contributed by atoms with Crippen LogP contribution >= 0.6 is 11.3 Å². The molecular formula is C20H27N3O3S2. The third-order valence-electron chi connectivity index (χ3n) is 4.98. The van der Waals surface area contributed by atoms with Gasteiger partial charge in [0.15, 0.2) is 9.84 Å². The van der Waals surface area contributed by atoms with E-state index in [1.54, 1.807) is 40.5 Å². The average Bonchev–Trinajstić information content (AvgIpc) is 3.15. The van der Waals surface area contributed by atoms with E-state index >= 15 is 0 Å². The number of thiazole rings is 1. The van der Waals surface area contributed by atoms with E-state index < -0.39 is 9.84 Å². The molecule has 1 fully saturated rings. The number of hydrogen-bond donors (Lipinski definition) is 0. The first-order valence-electron chi connectivity index (χ1n) is 9.60. The summed E-state index contributed by atoms with van der Waals surface area (Å²) < 4.78 is 24.9. The topological polar surface area (TPSA) is 70.6 Å². The summed E-state index contributed by atoms with van der Waals surface area (Å²) in [6.45, 7) is 7.66. The SMILES string of the molecule is CCc1nc(CN2CCN(C(=O)CCS(=O)(=O)c3ccc(C)cc3)CC2)cs1. The van der Waals surface area contributed by atoms with Crippen LogP contribution < -0.4 is 0 Å².